The van der Waals surface area contributed by atoms with Crippen molar-refractivity contribution < 1.29 is 9.53 Å². The summed E-state index contributed by atoms with van der Waals surface area (Å²) in [6.45, 7) is 2.86. The van der Waals surface area contributed by atoms with Crippen LogP contribution in [0.2, 0.25) is 0 Å². The van der Waals surface area contributed by atoms with Crippen LogP contribution in [0.3, 0.4) is 0 Å². The molecule has 0 saturated heterocycles. The van der Waals surface area contributed by atoms with Crippen molar-refractivity contribution in [3.63, 3.8) is 0 Å². The first-order chi connectivity index (χ1) is 10.2. The maximum Gasteiger partial charge on any atom is 0.228 e. The second-order valence-electron chi connectivity index (χ2n) is 4.78. The van der Waals surface area contributed by atoms with Gasteiger partial charge < -0.3 is 15.8 Å². The van der Waals surface area contributed by atoms with Gasteiger partial charge in [-0.15, -0.1) is 0 Å². The molecule has 0 aliphatic heterocycles. The first-order valence-electron chi connectivity index (χ1n) is 6.97. The van der Waals surface area contributed by atoms with Crippen LogP contribution in [0.15, 0.2) is 48.5 Å². The number of carbonyl (C=O) groups is 1. The molecule has 3 N–H and O–H groups in total. The molecule has 0 unspecified atom stereocenters. The fourth-order valence-corrected chi connectivity index (χ4v) is 2.04. The quantitative estimate of drug-likeness (QED) is 0.856. The summed E-state index contributed by atoms with van der Waals surface area (Å²) in [4.78, 5) is 12.2. The Bertz CT molecular complexity index is 611. The summed E-state index contributed by atoms with van der Waals surface area (Å²) < 4.78 is 5.52. The number of carbonyl (C=O) groups excluding carboxylic acids is 1. The highest BCUT2D eigenvalue weighted by atomic mass is 16.5. The molecule has 2 rings (SSSR count). The minimum Gasteiger partial charge on any atom is -0.490 e. The summed E-state index contributed by atoms with van der Waals surface area (Å²) in [6, 6.07) is 15.2. The summed E-state index contributed by atoms with van der Waals surface area (Å²) >= 11 is 0. The molecule has 0 aromatic heterocycles. The molecule has 0 spiro atoms. The Morgan fingerprint density at radius 2 is 1.86 bits per heavy atom. The molecule has 4 nitrogen and oxygen atoms in total. The maximum atomic E-state index is 12.2. The minimum atomic E-state index is -0.0619. The second-order valence-corrected chi connectivity index (χ2v) is 4.78. The number of nitrogens with two attached hydrogens (primary N) is 1. The molecule has 0 aliphatic carbocycles. The lowest BCUT2D eigenvalue weighted by molar-refractivity contribution is -0.115. The van der Waals surface area contributed by atoms with Crippen LogP contribution in [0.5, 0.6) is 5.75 Å². The van der Waals surface area contributed by atoms with Crippen molar-refractivity contribution in [3.05, 3.63) is 59.7 Å². The first kappa shape index (κ1) is 15.1. The molecule has 0 fully saturated rings. The average Bonchev–Trinajstić information content (AvgIpc) is 2.49. The first-order valence-corrected chi connectivity index (χ1v) is 6.97. The lowest BCUT2D eigenvalue weighted by Gasteiger charge is -2.12. The van der Waals surface area contributed by atoms with Crippen LogP contribution < -0.4 is 15.8 Å². The SMILES string of the molecule is Cc1ccccc1CC(=O)Nc1ccccc1OCCN. The molecule has 0 atom stereocenters. The number of hydrogen-bond acceptors (Lipinski definition) is 3. The lowest BCUT2D eigenvalue weighted by Crippen LogP contribution is -2.17. The van der Waals surface area contributed by atoms with E-state index in [1.54, 1.807) is 0 Å². The number of benzene rings is 2. The van der Waals surface area contributed by atoms with E-state index in [-0.39, 0.29) is 5.91 Å². The topological polar surface area (TPSA) is 64.3 Å². The van der Waals surface area contributed by atoms with Gasteiger partial charge in [-0.1, -0.05) is 36.4 Å². The van der Waals surface area contributed by atoms with Gasteiger partial charge in [-0.25, -0.2) is 0 Å². The number of ether oxygens (including phenoxy) is 1. The number of hydrogen-bond donors (Lipinski definition) is 2. The van der Waals surface area contributed by atoms with Gasteiger partial charge in [-0.2, -0.15) is 0 Å². The number of para-hydroxylation sites is 2. The van der Waals surface area contributed by atoms with E-state index in [4.69, 9.17) is 10.5 Å². The van der Waals surface area contributed by atoms with Crippen LogP contribution in [-0.2, 0) is 11.2 Å². The summed E-state index contributed by atoms with van der Waals surface area (Å²) in [6.07, 6.45) is 0.345. The number of anilines is 1. The van der Waals surface area contributed by atoms with E-state index >= 15 is 0 Å². The molecular weight excluding hydrogens is 264 g/mol. The largest absolute Gasteiger partial charge is 0.490 e. The van der Waals surface area contributed by atoms with Crippen molar-refractivity contribution in [3.8, 4) is 5.75 Å². The third-order valence-corrected chi connectivity index (χ3v) is 3.15. The highest BCUT2D eigenvalue weighted by Crippen LogP contribution is 2.23. The summed E-state index contributed by atoms with van der Waals surface area (Å²) in [5.41, 5.74) is 8.24. The van der Waals surface area contributed by atoms with Crippen LogP contribution in [0, 0.1) is 6.92 Å². The zero-order valence-electron chi connectivity index (χ0n) is 12.1. The Morgan fingerprint density at radius 3 is 2.62 bits per heavy atom. The van der Waals surface area contributed by atoms with Gasteiger partial charge in [0.2, 0.25) is 5.91 Å². The standard InChI is InChI=1S/C17H20N2O2/c1-13-6-2-3-7-14(13)12-17(20)19-15-8-4-5-9-16(15)21-11-10-18/h2-9H,10-12,18H2,1H3,(H,19,20). The van der Waals surface area contributed by atoms with E-state index in [0.717, 1.165) is 11.1 Å². The third-order valence-electron chi connectivity index (χ3n) is 3.15. The zero-order valence-corrected chi connectivity index (χ0v) is 12.1. The smallest absolute Gasteiger partial charge is 0.228 e. The van der Waals surface area contributed by atoms with E-state index < -0.39 is 0 Å². The highest BCUT2D eigenvalue weighted by molar-refractivity contribution is 5.93. The molecule has 1 amide bonds. The Hall–Kier alpha value is -2.33. The zero-order chi connectivity index (χ0) is 15.1. The van der Waals surface area contributed by atoms with E-state index in [9.17, 15) is 4.79 Å². The molecule has 0 bridgehead atoms. The summed E-state index contributed by atoms with van der Waals surface area (Å²) in [5, 5.41) is 2.89. The Labute approximate surface area is 124 Å². The predicted molar refractivity (Wildman–Crippen MR) is 84.5 cm³/mol. The average molecular weight is 284 g/mol. The van der Waals surface area contributed by atoms with Gasteiger partial charge in [-0.05, 0) is 30.2 Å². The number of nitrogens with one attached hydrogen (secondary N) is 1. The molecule has 2 aromatic carbocycles. The van der Waals surface area contributed by atoms with Crippen molar-refractivity contribution >= 4 is 11.6 Å². The van der Waals surface area contributed by atoms with Gasteiger partial charge in [0, 0.05) is 6.54 Å². The van der Waals surface area contributed by atoms with Crippen LogP contribution in [0.4, 0.5) is 5.69 Å². The van der Waals surface area contributed by atoms with Gasteiger partial charge >= 0.3 is 0 Å². The highest BCUT2D eigenvalue weighted by Gasteiger charge is 2.09. The van der Waals surface area contributed by atoms with Crippen LogP contribution in [0.25, 0.3) is 0 Å². The number of amides is 1. The molecule has 110 valence electrons. The third kappa shape index (κ3) is 4.33. The molecule has 0 saturated carbocycles. The van der Waals surface area contributed by atoms with Crippen LogP contribution >= 0.6 is 0 Å². The monoisotopic (exact) mass is 284 g/mol. The normalized spacial score (nSPS) is 10.2. The van der Waals surface area contributed by atoms with Gasteiger partial charge in [0.15, 0.2) is 0 Å². The second kappa shape index (κ2) is 7.45. The predicted octanol–water partition coefficient (Wildman–Crippen LogP) is 2.51. The minimum absolute atomic E-state index is 0.0619. The van der Waals surface area contributed by atoms with E-state index in [1.165, 1.54) is 0 Å². The Balaban J connectivity index is 2.04. The molecule has 21 heavy (non-hydrogen) atoms. The van der Waals surface area contributed by atoms with Gasteiger partial charge in [0.05, 0.1) is 12.1 Å². The lowest BCUT2D eigenvalue weighted by atomic mass is 10.1. The van der Waals surface area contributed by atoms with Gasteiger partial charge in [0.25, 0.3) is 0 Å². The molecule has 4 heteroatoms. The molecule has 0 heterocycles. The molecular formula is C17H20N2O2. The van der Waals surface area contributed by atoms with Crippen molar-refractivity contribution in [2.45, 2.75) is 13.3 Å². The molecule has 0 aliphatic rings. The number of aryl methyl sites for hydroxylation is 1. The summed E-state index contributed by atoms with van der Waals surface area (Å²) in [7, 11) is 0. The van der Waals surface area contributed by atoms with Gasteiger partial charge in [0.1, 0.15) is 12.4 Å². The Kier molecular flexibility index (Phi) is 5.35. The fraction of sp³-hybridized carbons (Fsp3) is 0.235. The Morgan fingerprint density at radius 1 is 1.14 bits per heavy atom. The van der Waals surface area contributed by atoms with Crippen molar-refractivity contribution in [2.75, 3.05) is 18.5 Å². The van der Waals surface area contributed by atoms with E-state index in [2.05, 4.69) is 5.32 Å². The maximum absolute atomic E-state index is 12.2. The fourth-order valence-electron chi connectivity index (χ4n) is 2.04. The van der Waals surface area contributed by atoms with Crippen LogP contribution in [-0.4, -0.2) is 19.1 Å². The van der Waals surface area contributed by atoms with Crippen LogP contribution in [0.1, 0.15) is 11.1 Å². The number of rotatable bonds is 6. The van der Waals surface area contributed by atoms with E-state index in [0.29, 0.717) is 31.0 Å². The molecule has 2 aromatic rings. The molecule has 0 radical (unpaired) electrons. The summed E-state index contributed by atoms with van der Waals surface area (Å²) in [5.74, 6) is 0.578. The van der Waals surface area contributed by atoms with Crippen molar-refractivity contribution in [1.82, 2.24) is 0 Å². The van der Waals surface area contributed by atoms with Gasteiger partial charge in [-0.3, -0.25) is 4.79 Å². The van der Waals surface area contributed by atoms with E-state index in [1.807, 2.05) is 55.5 Å². The van der Waals surface area contributed by atoms with Crippen molar-refractivity contribution in [2.24, 2.45) is 5.73 Å². The van der Waals surface area contributed by atoms with Crippen molar-refractivity contribution in [1.29, 1.82) is 0 Å².